The van der Waals surface area contributed by atoms with Crippen molar-refractivity contribution in [3.8, 4) is 22.6 Å². The first-order valence-electron chi connectivity index (χ1n) is 12.9. The first-order valence-corrected chi connectivity index (χ1v) is 12.9. The lowest BCUT2D eigenvalue weighted by Crippen LogP contribution is -2.57. The fourth-order valence-corrected chi connectivity index (χ4v) is 5.33. The maximum atomic E-state index is 13.3. The number of phenolic OH excluding ortho intramolecular Hbond substituents is 1. The molecule has 0 spiro atoms. The summed E-state index contributed by atoms with van der Waals surface area (Å²) in [4.78, 5) is 38.6. The molecule has 1 atom stereocenters. The van der Waals surface area contributed by atoms with Gasteiger partial charge in [0.25, 0.3) is 11.7 Å². The van der Waals surface area contributed by atoms with Crippen LogP contribution in [-0.4, -0.2) is 63.6 Å². The van der Waals surface area contributed by atoms with Crippen molar-refractivity contribution >= 4 is 29.0 Å². The summed E-state index contributed by atoms with van der Waals surface area (Å²) < 4.78 is 20.9. The lowest BCUT2D eigenvalue weighted by atomic mass is 10.0. The molecule has 1 saturated heterocycles. The molecule has 0 aliphatic carbocycles. The average molecular weight is 543 g/mol. The van der Waals surface area contributed by atoms with Crippen molar-refractivity contribution in [2.24, 2.45) is 7.05 Å². The smallest absolute Gasteiger partial charge is 0.298 e. The summed E-state index contributed by atoms with van der Waals surface area (Å²) in [5.74, 6) is -1.24. The molecule has 2 N–H and O–H groups in total. The highest BCUT2D eigenvalue weighted by atomic mass is 19.1. The third-order valence-electron chi connectivity index (χ3n) is 7.38. The number of aromatic nitrogens is 3. The molecule has 0 bridgehead atoms. The number of benzene rings is 2. The van der Waals surface area contributed by atoms with Crippen molar-refractivity contribution in [2.75, 3.05) is 41.4 Å². The van der Waals surface area contributed by atoms with Crippen LogP contribution >= 0.6 is 0 Å². The number of ketones is 1. The van der Waals surface area contributed by atoms with Gasteiger partial charge in [-0.3, -0.25) is 9.59 Å². The Bertz CT molecular complexity index is 1610. The van der Waals surface area contributed by atoms with E-state index in [4.69, 9.17) is 4.74 Å². The van der Waals surface area contributed by atoms with Gasteiger partial charge in [0.2, 0.25) is 5.95 Å². The monoisotopic (exact) mass is 542 g/mol. The topological polar surface area (TPSA) is 113 Å². The summed E-state index contributed by atoms with van der Waals surface area (Å²) in [7, 11) is 1.75. The van der Waals surface area contributed by atoms with E-state index in [2.05, 4.69) is 15.3 Å². The molecule has 6 rings (SSSR count). The van der Waals surface area contributed by atoms with Gasteiger partial charge in [0.1, 0.15) is 29.5 Å². The number of aromatic hydroxyl groups is 1. The number of anilines is 3. The van der Waals surface area contributed by atoms with Crippen molar-refractivity contribution in [1.29, 1.82) is 0 Å². The lowest BCUT2D eigenvalue weighted by molar-refractivity contribution is -0.112. The van der Waals surface area contributed by atoms with E-state index in [1.807, 2.05) is 53.1 Å². The summed E-state index contributed by atoms with van der Waals surface area (Å²) in [6.07, 6.45) is 2.27. The number of carbonyl (C=O) groups excluding carboxylic acids is 2. The predicted molar refractivity (Wildman–Crippen MR) is 147 cm³/mol. The Balaban J connectivity index is 1.21. The van der Waals surface area contributed by atoms with Gasteiger partial charge in [-0.05, 0) is 18.6 Å². The second-order valence-corrected chi connectivity index (χ2v) is 9.90. The number of hydrogen-bond donors (Lipinski definition) is 2. The van der Waals surface area contributed by atoms with E-state index in [1.54, 1.807) is 17.7 Å². The van der Waals surface area contributed by atoms with E-state index in [-0.39, 0.29) is 23.2 Å². The second kappa shape index (κ2) is 9.99. The molecule has 10 nitrogen and oxygen atoms in total. The van der Waals surface area contributed by atoms with Gasteiger partial charge in [-0.1, -0.05) is 30.3 Å². The van der Waals surface area contributed by atoms with Crippen molar-refractivity contribution < 1.29 is 23.8 Å². The van der Waals surface area contributed by atoms with Gasteiger partial charge in [0.15, 0.2) is 5.82 Å². The van der Waals surface area contributed by atoms with E-state index in [9.17, 15) is 19.1 Å². The summed E-state index contributed by atoms with van der Waals surface area (Å²) in [5, 5.41) is 13.6. The highest BCUT2D eigenvalue weighted by molar-refractivity contribution is 6.47. The van der Waals surface area contributed by atoms with Gasteiger partial charge >= 0.3 is 0 Å². The molecule has 0 radical (unpaired) electrons. The SMILES string of the molecule is Cc1cc(-c2ccccc2)c(C(=O)C(=O)Nc2cc(O)c3c(c2)OCC2CN(c4ncc(F)cn4)CCN32)n1C. The number of Topliss-reactive ketones (excluding diaryl/α,β-unsaturated/α-hetero) is 1. The normalized spacial score (nSPS) is 16.1. The van der Waals surface area contributed by atoms with Gasteiger partial charge < -0.3 is 29.5 Å². The van der Waals surface area contributed by atoms with Crippen LogP contribution in [0.25, 0.3) is 11.1 Å². The first-order chi connectivity index (χ1) is 19.3. The number of rotatable bonds is 5. The fraction of sp³-hybridized carbons (Fsp3) is 0.241. The number of hydrogen-bond acceptors (Lipinski definition) is 8. The molecule has 4 heterocycles. The molecule has 2 aliphatic rings. The zero-order valence-electron chi connectivity index (χ0n) is 22.0. The molecule has 204 valence electrons. The van der Waals surface area contributed by atoms with Crippen LogP contribution in [0.5, 0.6) is 11.5 Å². The molecular formula is C29H27FN6O4. The molecule has 2 aromatic carbocycles. The van der Waals surface area contributed by atoms with Crippen LogP contribution in [0.15, 0.2) is 60.9 Å². The largest absolute Gasteiger partial charge is 0.506 e. The molecule has 11 heteroatoms. The highest BCUT2D eigenvalue weighted by Crippen LogP contribution is 2.44. The number of carbonyl (C=O) groups is 2. The number of phenols is 1. The van der Waals surface area contributed by atoms with Crippen molar-refractivity contribution in [3.05, 3.63) is 78.1 Å². The third kappa shape index (κ3) is 4.49. The van der Waals surface area contributed by atoms with Crippen LogP contribution in [0.4, 0.5) is 21.7 Å². The standard InChI is InChI=1S/C29H27FN6O4/c1-17-10-22(18-6-4-3-5-7-18)25(34(17)2)27(38)28(39)33-20-11-23(37)26-24(12-20)40-16-21-15-35(8-9-36(21)26)29-31-13-19(30)14-32-29/h3-7,10-14,21,37H,8-9,15-16H2,1-2H3,(H,33,39). The lowest BCUT2D eigenvalue weighted by Gasteiger charge is -2.45. The van der Waals surface area contributed by atoms with Gasteiger partial charge in [0.05, 0.1) is 18.4 Å². The van der Waals surface area contributed by atoms with E-state index in [0.717, 1.165) is 23.7 Å². The number of amides is 1. The van der Waals surface area contributed by atoms with Crippen molar-refractivity contribution in [3.63, 3.8) is 0 Å². The molecule has 0 saturated carbocycles. The minimum absolute atomic E-state index is 0.0730. The Morgan fingerprint density at radius 3 is 2.60 bits per heavy atom. The minimum atomic E-state index is -0.820. The molecule has 2 aliphatic heterocycles. The minimum Gasteiger partial charge on any atom is -0.506 e. The molecule has 1 unspecified atom stereocenters. The van der Waals surface area contributed by atoms with Gasteiger partial charge in [-0.15, -0.1) is 0 Å². The number of nitrogens with one attached hydrogen (secondary N) is 1. The van der Waals surface area contributed by atoms with E-state index < -0.39 is 17.5 Å². The van der Waals surface area contributed by atoms with Gasteiger partial charge in [-0.2, -0.15) is 0 Å². The van der Waals surface area contributed by atoms with Crippen LogP contribution in [0.3, 0.4) is 0 Å². The number of aryl methyl sites for hydroxylation is 1. The van der Waals surface area contributed by atoms with Crippen LogP contribution in [0, 0.1) is 12.7 Å². The Hall–Kier alpha value is -4.93. The van der Waals surface area contributed by atoms with Crippen molar-refractivity contribution in [1.82, 2.24) is 14.5 Å². The van der Waals surface area contributed by atoms with Crippen molar-refractivity contribution in [2.45, 2.75) is 13.0 Å². The van der Waals surface area contributed by atoms with E-state index in [0.29, 0.717) is 49.2 Å². The third-order valence-corrected chi connectivity index (χ3v) is 7.38. The fourth-order valence-electron chi connectivity index (χ4n) is 5.33. The Morgan fingerprint density at radius 2 is 1.85 bits per heavy atom. The molecule has 2 aromatic heterocycles. The summed E-state index contributed by atoms with van der Waals surface area (Å²) in [6.45, 7) is 3.84. The first kappa shape index (κ1) is 25.4. The van der Waals surface area contributed by atoms with Gasteiger partial charge in [0, 0.05) is 55.8 Å². The molecule has 40 heavy (non-hydrogen) atoms. The van der Waals surface area contributed by atoms with Crippen LogP contribution < -0.4 is 19.9 Å². The zero-order valence-corrected chi connectivity index (χ0v) is 22.0. The maximum absolute atomic E-state index is 13.3. The number of halogens is 1. The molecule has 1 fully saturated rings. The van der Waals surface area contributed by atoms with E-state index >= 15 is 0 Å². The number of piperazine rings is 1. The number of ether oxygens (including phenoxy) is 1. The quantitative estimate of drug-likeness (QED) is 0.291. The summed E-state index contributed by atoms with van der Waals surface area (Å²) in [5.41, 5.74) is 3.40. The van der Waals surface area contributed by atoms with Gasteiger partial charge in [-0.25, -0.2) is 14.4 Å². The summed E-state index contributed by atoms with van der Waals surface area (Å²) in [6, 6.07) is 14.2. The second-order valence-electron chi connectivity index (χ2n) is 9.90. The predicted octanol–water partition coefficient (Wildman–Crippen LogP) is 3.54. The average Bonchev–Trinajstić information content (AvgIpc) is 3.26. The number of fused-ring (bicyclic) bond motifs is 3. The maximum Gasteiger partial charge on any atom is 0.298 e. The Morgan fingerprint density at radius 1 is 1.10 bits per heavy atom. The number of nitrogens with zero attached hydrogens (tertiary/aromatic N) is 5. The molecule has 4 aromatic rings. The van der Waals surface area contributed by atoms with Crippen LogP contribution in [-0.2, 0) is 11.8 Å². The van der Waals surface area contributed by atoms with Crippen LogP contribution in [0.1, 0.15) is 16.2 Å². The van der Waals surface area contributed by atoms with E-state index in [1.165, 1.54) is 6.07 Å². The Kier molecular flexibility index (Phi) is 6.33. The zero-order chi connectivity index (χ0) is 28.0. The molecule has 1 amide bonds. The summed E-state index contributed by atoms with van der Waals surface area (Å²) >= 11 is 0. The highest BCUT2D eigenvalue weighted by Gasteiger charge is 2.36. The molecular weight excluding hydrogens is 515 g/mol. The van der Waals surface area contributed by atoms with Crippen LogP contribution in [0.2, 0.25) is 0 Å². The Labute approximate surface area is 229 Å².